The van der Waals surface area contributed by atoms with Gasteiger partial charge in [-0.1, -0.05) is 23.7 Å². The molecule has 2 aromatic carbocycles. The van der Waals surface area contributed by atoms with E-state index in [1.807, 2.05) is 6.07 Å². The number of nitrogens with zero attached hydrogens (tertiary/aromatic N) is 2. The first-order valence-corrected chi connectivity index (χ1v) is 9.31. The molecule has 1 spiro atoms. The summed E-state index contributed by atoms with van der Waals surface area (Å²) in [6.07, 6.45) is 1.23. The molecule has 2 aliphatic heterocycles. The molecule has 1 fully saturated rings. The maximum atomic E-state index is 12.9. The van der Waals surface area contributed by atoms with Gasteiger partial charge in [0.2, 0.25) is 0 Å². The zero-order valence-corrected chi connectivity index (χ0v) is 15.6. The van der Waals surface area contributed by atoms with Crippen LogP contribution in [0.2, 0.25) is 5.02 Å². The minimum Gasteiger partial charge on any atom is -0.486 e. The lowest BCUT2D eigenvalue weighted by Gasteiger charge is -2.43. The van der Waals surface area contributed by atoms with Crippen LogP contribution in [0.3, 0.4) is 0 Å². The number of carbonyl (C=O) groups is 2. The first-order chi connectivity index (χ1) is 13.4. The van der Waals surface area contributed by atoms with Gasteiger partial charge in [0, 0.05) is 37.0 Å². The van der Waals surface area contributed by atoms with Crippen LogP contribution in [0.1, 0.15) is 40.0 Å². The second-order valence-corrected chi connectivity index (χ2v) is 7.53. The summed E-state index contributed by atoms with van der Waals surface area (Å²) >= 11 is 5.93. The van der Waals surface area contributed by atoms with Crippen molar-refractivity contribution >= 4 is 29.0 Å². The second-order valence-electron chi connectivity index (χ2n) is 7.09. The largest absolute Gasteiger partial charge is 0.486 e. The van der Waals surface area contributed by atoms with Gasteiger partial charge in [-0.15, -0.1) is 0 Å². The summed E-state index contributed by atoms with van der Waals surface area (Å²) in [6, 6.07) is 11.1. The molecule has 0 unspecified atom stereocenters. The Kier molecular flexibility index (Phi) is 4.55. The minimum absolute atomic E-state index is 0.0283. The van der Waals surface area contributed by atoms with E-state index in [-0.39, 0.29) is 28.5 Å². The van der Waals surface area contributed by atoms with Gasteiger partial charge in [0.05, 0.1) is 16.9 Å². The fourth-order valence-corrected chi connectivity index (χ4v) is 4.02. The molecule has 8 heteroatoms. The van der Waals surface area contributed by atoms with Gasteiger partial charge in [-0.3, -0.25) is 19.7 Å². The van der Waals surface area contributed by atoms with Crippen LogP contribution >= 0.6 is 11.6 Å². The lowest BCUT2D eigenvalue weighted by Crippen LogP contribution is -2.52. The van der Waals surface area contributed by atoms with Crippen molar-refractivity contribution in [1.82, 2.24) is 4.90 Å². The van der Waals surface area contributed by atoms with Gasteiger partial charge in [0.25, 0.3) is 11.6 Å². The summed E-state index contributed by atoms with van der Waals surface area (Å²) in [5, 5.41) is 11.5. The van der Waals surface area contributed by atoms with Gasteiger partial charge in [-0.05, 0) is 24.3 Å². The van der Waals surface area contributed by atoms with Crippen molar-refractivity contribution in [1.29, 1.82) is 0 Å². The molecular weight excluding hydrogens is 384 g/mol. The number of benzene rings is 2. The number of rotatable bonds is 2. The molecule has 0 atom stereocenters. The molecule has 0 radical (unpaired) electrons. The molecule has 0 aromatic heterocycles. The van der Waals surface area contributed by atoms with E-state index in [2.05, 4.69) is 0 Å². The first-order valence-electron chi connectivity index (χ1n) is 8.93. The van der Waals surface area contributed by atoms with Crippen LogP contribution in [-0.4, -0.2) is 40.2 Å². The van der Waals surface area contributed by atoms with E-state index >= 15 is 0 Å². The van der Waals surface area contributed by atoms with E-state index in [9.17, 15) is 19.7 Å². The number of carbonyl (C=O) groups excluding carboxylic acids is 2. The Morgan fingerprint density at radius 2 is 1.89 bits per heavy atom. The van der Waals surface area contributed by atoms with Crippen molar-refractivity contribution < 1.29 is 19.2 Å². The smallest absolute Gasteiger partial charge is 0.282 e. The summed E-state index contributed by atoms with van der Waals surface area (Å²) in [5.74, 6) is 0.169. The molecule has 2 aliphatic rings. The average Bonchev–Trinajstić information content (AvgIpc) is 2.68. The molecule has 0 bridgehead atoms. The monoisotopic (exact) mass is 400 g/mol. The lowest BCUT2D eigenvalue weighted by atomic mass is 9.82. The fraction of sp³-hybridized carbons (Fsp3) is 0.300. The van der Waals surface area contributed by atoms with Gasteiger partial charge < -0.3 is 9.64 Å². The number of hydrogen-bond acceptors (Lipinski definition) is 5. The third kappa shape index (κ3) is 3.22. The molecule has 0 N–H and O–H groups in total. The maximum absolute atomic E-state index is 12.9. The predicted octanol–water partition coefficient (Wildman–Crippen LogP) is 3.89. The molecule has 7 nitrogen and oxygen atoms in total. The summed E-state index contributed by atoms with van der Waals surface area (Å²) in [4.78, 5) is 37.6. The molecular formula is C20H17ClN2O5. The SMILES string of the molecule is O=C1CC2(CCN(C(=O)c3cc(Cl)ccc3[N+](=O)[O-])CC2)Oc2ccccc21. The maximum Gasteiger partial charge on any atom is 0.282 e. The Balaban J connectivity index is 1.53. The van der Waals surface area contributed by atoms with E-state index in [0.717, 1.165) is 0 Å². The van der Waals surface area contributed by atoms with Crippen molar-refractivity contribution in [3.63, 3.8) is 0 Å². The van der Waals surface area contributed by atoms with Gasteiger partial charge >= 0.3 is 0 Å². The molecule has 4 rings (SSSR count). The Labute approximate surface area is 166 Å². The highest BCUT2D eigenvalue weighted by atomic mass is 35.5. The first kappa shape index (κ1) is 18.4. The third-order valence-electron chi connectivity index (χ3n) is 5.34. The van der Waals surface area contributed by atoms with Crippen LogP contribution in [0.25, 0.3) is 0 Å². The van der Waals surface area contributed by atoms with Crippen LogP contribution in [0.4, 0.5) is 5.69 Å². The molecule has 2 heterocycles. The van der Waals surface area contributed by atoms with Gasteiger partial charge in [0.15, 0.2) is 5.78 Å². The number of ether oxygens (including phenoxy) is 1. The Morgan fingerprint density at radius 1 is 1.18 bits per heavy atom. The van der Waals surface area contributed by atoms with E-state index in [0.29, 0.717) is 37.2 Å². The summed E-state index contributed by atoms with van der Waals surface area (Å²) in [5.41, 5.74) is -0.351. The number of Topliss-reactive ketones (excluding diaryl/α,β-unsaturated/α-hetero) is 1. The molecule has 1 amide bonds. The van der Waals surface area contributed by atoms with E-state index in [1.54, 1.807) is 23.1 Å². The lowest BCUT2D eigenvalue weighted by molar-refractivity contribution is -0.385. The van der Waals surface area contributed by atoms with E-state index in [1.165, 1.54) is 18.2 Å². The zero-order valence-electron chi connectivity index (χ0n) is 14.9. The topological polar surface area (TPSA) is 89.8 Å². The number of nitro benzene ring substituents is 1. The third-order valence-corrected chi connectivity index (χ3v) is 5.58. The quantitative estimate of drug-likeness (QED) is 0.563. The zero-order chi connectivity index (χ0) is 19.9. The number of amides is 1. The van der Waals surface area contributed by atoms with Crippen molar-refractivity contribution in [3.8, 4) is 5.75 Å². The van der Waals surface area contributed by atoms with Crippen molar-refractivity contribution in [2.24, 2.45) is 0 Å². The van der Waals surface area contributed by atoms with E-state index < -0.39 is 16.4 Å². The number of nitro groups is 1. The number of ketones is 1. The number of halogens is 1. The predicted molar refractivity (Wildman–Crippen MR) is 102 cm³/mol. The highest BCUT2D eigenvalue weighted by molar-refractivity contribution is 6.31. The highest BCUT2D eigenvalue weighted by Gasteiger charge is 2.44. The summed E-state index contributed by atoms with van der Waals surface area (Å²) in [7, 11) is 0. The van der Waals surface area contributed by atoms with Gasteiger partial charge in [0.1, 0.15) is 16.9 Å². The van der Waals surface area contributed by atoms with Gasteiger partial charge in [-0.25, -0.2) is 0 Å². The molecule has 0 aliphatic carbocycles. The van der Waals surface area contributed by atoms with Crippen LogP contribution < -0.4 is 4.74 Å². The van der Waals surface area contributed by atoms with Crippen LogP contribution in [-0.2, 0) is 0 Å². The van der Waals surface area contributed by atoms with Crippen LogP contribution in [0.5, 0.6) is 5.75 Å². The summed E-state index contributed by atoms with van der Waals surface area (Å²) < 4.78 is 6.16. The normalized spacial score (nSPS) is 17.8. The molecule has 0 saturated carbocycles. The van der Waals surface area contributed by atoms with Crippen LogP contribution in [0.15, 0.2) is 42.5 Å². The van der Waals surface area contributed by atoms with Crippen molar-refractivity contribution in [2.75, 3.05) is 13.1 Å². The van der Waals surface area contributed by atoms with Crippen LogP contribution in [0, 0.1) is 10.1 Å². The standard InChI is InChI=1S/C20H17ClN2O5/c21-13-5-6-16(23(26)27)15(11-13)19(25)22-9-7-20(8-10-22)12-17(24)14-3-1-2-4-18(14)28-20/h1-6,11H,7-10,12H2. The average molecular weight is 401 g/mol. The molecule has 2 aromatic rings. The Morgan fingerprint density at radius 3 is 2.61 bits per heavy atom. The molecule has 28 heavy (non-hydrogen) atoms. The Hall–Kier alpha value is -2.93. The summed E-state index contributed by atoms with van der Waals surface area (Å²) in [6.45, 7) is 0.690. The molecule has 1 saturated heterocycles. The van der Waals surface area contributed by atoms with Crippen molar-refractivity contribution in [2.45, 2.75) is 24.9 Å². The Bertz CT molecular complexity index is 982. The minimum atomic E-state index is -0.636. The second kappa shape index (κ2) is 6.91. The molecule has 144 valence electrons. The number of fused-ring (bicyclic) bond motifs is 1. The van der Waals surface area contributed by atoms with E-state index in [4.69, 9.17) is 16.3 Å². The van der Waals surface area contributed by atoms with Gasteiger partial charge in [-0.2, -0.15) is 0 Å². The number of hydrogen-bond donors (Lipinski definition) is 0. The highest BCUT2D eigenvalue weighted by Crippen LogP contribution is 2.39. The van der Waals surface area contributed by atoms with Crippen molar-refractivity contribution in [3.05, 3.63) is 68.7 Å². The number of piperidine rings is 1. The fourth-order valence-electron chi connectivity index (χ4n) is 3.85. The number of para-hydroxylation sites is 1. The number of likely N-dealkylation sites (tertiary alicyclic amines) is 1.